The van der Waals surface area contributed by atoms with Crippen molar-refractivity contribution < 1.29 is 14.3 Å². The van der Waals surface area contributed by atoms with Crippen molar-refractivity contribution in [2.24, 2.45) is 5.92 Å². The molecule has 0 N–H and O–H groups in total. The average Bonchev–Trinajstić information content (AvgIpc) is 2.87. The number of rotatable bonds is 4. The maximum atomic E-state index is 12.8. The fraction of sp³-hybridized carbons (Fsp3) is 0.625. The maximum Gasteiger partial charge on any atom is 0.257 e. The lowest BCUT2D eigenvalue weighted by Gasteiger charge is -2.35. The SMILES string of the molecule is COc1nccnc1N1C[C@H]2CC[C@@H](C1)N(CC(=O)N(C)C)C2=O. The molecule has 3 saturated heterocycles. The fourth-order valence-electron chi connectivity index (χ4n) is 3.39. The third kappa shape index (κ3) is 3.00. The molecule has 2 atom stereocenters. The predicted molar refractivity (Wildman–Crippen MR) is 87.7 cm³/mol. The van der Waals surface area contributed by atoms with E-state index < -0.39 is 0 Å². The molecule has 0 saturated carbocycles. The van der Waals surface area contributed by atoms with Crippen LogP contribution in [-0.2, 0) is 9.59 Å². The van der Waals surface area contributed by atoms with Crippen LogP contribution in [0.3, 0.4) is 0 Å². The van der Waals surface area contributed by atoms with E-state index in [4.69, 9.17) is 4.74 Å². The van der Waals surface area contributed by atoms with Crippen molar-refractivity contribution in [2.45, 2.75) is 18.9 Å². The third-order valence-electron chi connectivity index (χ3n) is 4.74. The summed E-state index contributed by atoms with van der Waals surface area (Å²) in [6.45, 7) is 1.35. The second-order valence-electron chi connectivity index (χ2n) is 6.48. The molecule has 3 aliphatic heterocycles. The average molecular weight is 333 g/mol. The van der Waals surface area contributed by atoms with Gasteiger partial charge in [-0.1, -0.05) is 0 Å². The number of methoxy groups -OCH3 is 1. The number of hydrogen-bond acceptors (Lipinski definition) is 6. The van der Waals surface area contributed by atoms with Gasteiger partial charge in [-0.15, -0.1) is 0 Å². The van der Waals surface area contributed by atoms with E-state index in [9.17, 15) is 9.59 Å². The molecule has 0 spiro atoms. The van der Waals surface area contributed by atoms with Gasteiger partial charge < -0.3 is 19.4 Å². The van der Waals surface area contributed by atoms with Gasteiger partial charge in [0.25, 0.3) is 5.88 Å². The van der Waals surface area contributed by atoms with Crippen LogP contribution in [0.15, 0.2) is 12.4 Å². The number of hydrogen-bond donors (Lipinski definition) is 0. The van der Waals surface area contributed by atoms with Crippen LogP contribution >= 0.6 is 0 Å². The van der Waals surface area contributed by atoms with Gasteiger partial charge in [0.2, 0.25) is 11.8 Å². The lowest BCUT2D eigenvalue weighted by atomic mass is 9.94. The molecule has 4 heterocycles. The molecule has 0 unspecified atom stereocenters. The van der Waals surface area contributed by atoms with E-state index in [1.807, 2.05) is 0 Å². The number of fused-ring (bicyclic) bond motifs is 4. The van der Waals surface area contributed by atoms with Crippen LogP contribution in [-0.4, -0.2) is 78.5 Å². The number of carbonyl (C=O) groups is 2. The Labute approximate surface area is 141 Å². The second-order valence-corrected chi connectivity index (χ2v) is 6.48. The van der Waals surface area contributed by atoms with Crippen LogP contribution in [0.5, 0.6) is 5.88 Å². The summed E-state index contributed by atoms with van der Waals surface area (Å²) in [7, 11) is 4.98. The minimum atomic E-state index is -0.120. The van der Waals surface area contributed by atoms with Crippen LogP contribution in [0.4, 0.5) is 5.82 Å². The summed E-state index contributed by atoms with van der Waals surface area (Å²) in [6.07, 6.45) is 4.95. The molecule has 8 nitrogen and oxygen atoms in total. The van der Waals surface area contributed by atoms with Gasteiger partial charge in [-0.3, -0.25) is 9.59 Å². The molecular weight excluding hydrogens is 310 g/mol. The lowest BCUT2D eigenvalue weighted by Crippen LogP contribution is -2.51. The van der Waals surface area contributed by atoms with E-state index in [1.54, 1.807) is 38.5 Å². The highest BCUT2D eigenvalue weighted by Gasteiger charge is 2.42. The number of piperidine rings is 1. The van der Waals surface area contributed by atoms with Gasteiger partial charge in [-0.25, -0.2) is 9.97 Å². The first-order valence-electron chi connectivity index (χ1n) is 8.11. The lowest BCUT2D eigenvalue weighted by molar-refractivity contribution is -0.145. The van der Waals surface area contributed by atoms with Crippen molar-refractivity contribution >= 4 is 17.6 Å². The van der Waals surface area contributed by atoms with Crippen LogP contribution in [0.1, 0.15) is 12.8 Å². The summed E-state index contributed by atoms with van der Waals surface area (Å²) in [5, 5.41) is 0. The van der Waals surface area contributed by atoms with E-state index in [1.165, 1.54) is 4.90 Å². The standard InChI is InChI=1S/C16H23N5O3/c1-19(2)13(22)10-21-12-5-4-11(16(21)23)8-20(9-12)14-15(24-3)18-7-6-17-14/h6-7,11-12H,4-5,8-10H2,1-3H3/t11-,12+/m1/s1. The van der Waals surface area contributed by atoms with Gasteiger partial charge in [0.1, 0.15) is 6.54 Å². The van der Waals surface area contributed by atoms with Crippen molar-refractivity contribution in [3.05, 3.63) is 12.4 Å². The van der Waals surface area contributed by atoms with E-state index >= 15 is 0 Å². The molecule has 3 fully saturated rings. The van der Waals surface area contributed by atoms with Gasteiger partial charge in [-0.05, 0) is 12.8 Å². The Hall–Kier alpha value is -2.38. The van der Waals surface area contributed by atoms with Crippen molar-refractivity contribution in [1.29, 1.82) is 0 Å². The van der Waals surface area contributed by atoms with Crippen molar-refractivity contribution in [3.63, 3.8) is 0 Å². The summed E-state index contributed by atoms with van der Waals surface area (Å²) >= 11 is 0. The zero-order valence-electron chi connectivity index (χ0n) is 14.3. The predicted octanol–water partition coefficient (Wildman–Crippen LogP) is 0.000600. The summed E-state index contributed by atoms with van der Waals surface area (Å²) in [4.78, 5) is 38.7. The third-order valence-corrected chi connectivity index (χ3v) is 4.74. The first-order valence-corrected chi connectivity index (χ1v) is 8.11. The zero-order chi connectivity index (χ0) is 17.3. The van der Waals surface area contributed by atoms with Crippen LogP contribution in [0.25, 0.3) is 0 Å². The van der Waals surface area contributed by atoms with Gasteiger partial charge in [-0.2, -0.15) is 0 Å². The summed E-state index contributed by atoms with van der Waals surface area (Å²) in [5.74, 6) is 1.00. The van der Waals surface area contributed by atoms with E-state index in [2.05, 4.69) is 14.9 Å². The Morgan fingerprint density at radius 3 is 2.75 bits per heavy atom. The van der Waals surface area contributed by atoms with E-state index in [0.29, 0.717) is 24.8 Å². The number of nitrogens with zero attached hydrogens (tertiary/aromatic N) is 5. The molecule has 8 heteroatoms. The maximum absolute atomic E-state index is 12.8. The second kappa shape index (κ2) is 6.62. The van der Waals surface area contributed by atoms with Crippen LogP contribution < -0.4 is 9.64 Å². The van der Waals surface area contributed by atoms with E-state index in [-0.39, 0.29) is 30.3 Å². The van der Waals surface area contributed by atoms with Gasteiger partial charge in [0.05, 0.1) is 13.0 Å². The summed E-state index contributed by atoms with van der Waals surface area (Å²) < 4.78 is 5.31. The number of anilines is 1. The largest absolute Gasteiger partial charge is 0.478 e. The Bertz CT molecular complexity index is 636. The Morgan fingerprint density at radius 2 is 2.04 bits per heavy atom. The van der Waals surface area contributed by atoms with Crippen molar-refractivity contribution in [2.75, 3.05) is 45.7 Å². The van der Waals surface area contributed by atoms with Crippen LogP contribution in [0.2, 0.25) is 0 Å². The molecule has 0 aromatic carbocycles. The number of ether oxygens (including phenoxy) is 1. The molecule has 130 valence electrons. The number of amides is 2. The molecule has 1 aromatic heterocycles. The minimum absolute atomic E-state index is 0.00635. The first kappa shape index (κ1) is 16.5. The van der Waals surface area contributed by atoms with Gasteiger partial charge in [0.15, 0.2) is 5.82 Å². The minimum Gasteiger partial charge on any atom is -0.478 e. The molecule has 1 aromatic rings. The molecule has 2 amide bonds. The fourth-order valence-corrected chi connectivity index (χ4v) is 3.39. The van der Waals surface area contributed by atoms with Gasteiger partial charge in [0, 0.05) is 45.6 Å². The zero-order valence-corrected chi connectivity index (χ0v) is 14.3. The number of carbonyl (C=O) groups excluding carboxylic acids is 2. The molecular formula is C16H23N5O3. The topological polar surface area (TPSA) is 78.9 Å². The highest BCUT2D eigenvalue weighted by molar-refractivity contribution is 5.87. The Kier molecular flexibility index (Phi) is 4.55. The number of aromatic nitrogens is 2. The summed E-state index contributed by atoms with van der Waals surface area (Å²) in [6, 6.07) is 0.00635. The molecule has 0 radical (unpaired) electrons. The molecule has 3 aliphatic rings. The highest BCUT2D eigenvalue weighted by atomic mass is 16.5. The van der Waals surface area contributed by atoms with Crippen LogP contribution in [0, 0.1) is 5.92 Å². The summed E-state index contributed by atoms with van der Waals surface area (Å²) in [5.41, 5.74) is 0. The van der Waals surface area contributed by atoms with Gasteiger partial charge >= 0.3 is 0 Å². The quantitative estimate of drug-likeness (QED) is 0.772. The smallest absolute Gasteiger partial charge is 0.257 e. The first-order chi connectivity index (χ1) is 11.5. The molecule has 2 bridgehead atoms. The Balaban J connectivity index is 1.84. The highest BCUT2D eigenvalue weighted by Crippen LogP contribution is 2.33. The Morgan fingerprint density at radius 1 is 1.29 bits per heavy atom. The molecule has 0 aliphatic carbocycles. The normalized spacial score (nSPS) is 23.2. The molecule has 4 rings (SSSR count). The van der Waals surface area contributed by atoms with E-state index in [0.717, 1.165) is 12.8 Å². The molecule has 24 heavy (non-hydrogen) atoms. The monoisotopic (exact) mass is 333 g/mol. The van der Waals surface area contributed by atoms with Crippen molar-refractivity contribution in [1.82, 2.24) is 19.8 Å². The number of likely N-dealkylation sites (N-methyl/N-ethyl adjacent to an activating group) is 1. The van der Waals surface area contributed by atoms with Crippen molar-refractivity contribution in [3.8, 4) is 5.88 Å².